The van der Waals surface area contributed by atoms with Gasteiger partial charge in [0.25, 0.3) is 0 Å². The molecular formula is C20H26N6. The molecule has 0 saturated carbocycles. The fourth-order valence-electron chi connectivity index (χ4n) is 3.54. The molecule has 3 N–H and O–H groups in total. The summed E-state index contributed by atoms with van der Waals surface area (Å²) in [5.41, 5.74) is 3.19. The van der Waals surface area contributed by atoms with Crippen LogP contribution in [0.1, 0.15) is 25.5 Å². The van der Waals surface area contributed by atoms with Crippen LogP contribution < -0.4 is 15.5 Å². The Bertz CT molecular complexity index is 887. The minimum absolute atomic E-state index is 0.534. The number of anilines is 3. The Balaban J connectivity index is 1.61. The maximum atomic E-state index is 4.80. The van der Waals surface area contributed by atoms with Crippen molar-refractivity contribution in [1.29, 1.82) is 0 Å². The van der Waals surface area contributed by atoms with Crippen molar-refractivity contribution in [2.24, 2.45) is 0 Å². The van der Waals surface area contributed by atoms with E-state index in [1.54, 1.807) is 0 Å². The summed E-state index contributed by atoms with van der Waals surface area (Å²) in [4.78, 5) is 15.1. The topological polar surface area (TPSA) is 68.9 Å². The average Bonchev–Trinajstić information content (AvgIpc) is 3.30. The van der Waals surface area contributed by atoms with Gasteiger partial charge in [0.1, 0.15) is 5.82 Å². The Hall–Kier alpha value is -2.60. The molecule has 26 heavy (non-hydrogen) atoms. The lowest BCUT2D eigenvalue weighted by Crippen LogP contribution is -2.30. The number of hydrogen-bond acceptors (Lipinski definition) is 5. The van der Waals surface area contributed by atoms with E-state index in [0.29, 0.717) is 12.0 Å². The number of nitrogens with one attached hydrogen (secondary N) is 3. The van der Waals surface area contributed by atoms with Crippen LogP contribution in [-0.2, 0) is 6.42 Å². The van der Waals surface area contributed by atoms with Crippen LogP contribution in [0.25, 0.3) is 10.9 Å². The SMILES string of the molecule is CCCc1cc(N2CC[C@H](NC)C2)nc(Nc2ccc3cc[nH]c3c2)n1. The van der Waals surface area contributed by atoms with Gasteiger partial charge in [-0.1, -0.05) is 19.4 Å². The van der Waals surface area contributed by atoms with E-state index in [1.165, 1.54) is 5.39 Å². The summed E-state index contributed by atoms with van der Waals surface area (Å²) in [5.74, 6) is 1.69. The number of rotatable bonds is 6. The fourth-order valence-corrected chi connectivity index (χ4v) is 3.54. The Morgan fingerprint density at radius 2 is 2.15 bits per heavy atom. The molecule has 6 heteroatoms. The number of aryl methyl sites for hydroxylation is 1. The van der Waals surface area contributed by atoms with Gasteiger partial charge in [0.15, 0.2) is 0 Å². The van der Waals surface area contributed by atoms with Crippen LogP contribution in [0.5, 0.6) is 0 Å². The van der Waals surface area contributed by atoms with Gasteiger partial charge < -0.3 is 20.5 Å². The molecule has 0 amide bonds. The lowest BCUT2D eigenvalue weighted by Gasteiger charge is -2.19. The molecule has 1 fully saturated rings. The summed E-state index contributed by atoms with van der Waals surface area (Å²) in [6.45, 7) is 4.20. The summed E-state index contributed by atoms with van der Waals surface area (Å²) < 4.78 is 0. The summed E-state index contributed by atoms with van der Waals surface area (Å²) in [5, 5.41) is 7.96. The molecule has 0 aliphatic carbocycles. The van der Waals surface area contributed by atoms with E-state index in [2.05, 4.69) is 57.8 Å². The third kappa shape index (κ3) is 3.51. The summed E-state index contributed by atoms with van der Waals surface area (Å²) in [7, 11) is 2.03. The first-order chi connectivity index (χ1) is 12.7. The number of nitrogens with zero attached hydrogens (tertiary/aromatic N) is 3. The van der Waals surface area contributed by atoms with Crippen LogP contribution in [0.4, 0.5) is 17.5 Å². The number of benzene rings is 1. The van der Waals surface area contributed by atoms with Crippen molar-refractivity contribution >= 4 is 28.4 Å². The van der Waals surface area contributed by atoms with Crippen molar-refractivity contribution in [1.82, 2.24) is 20.3 Å². The standard InChI is InChI=1S/C20H26N6/c1-3-4-15-12-19(26-10-8-17(13-26)21-2)25-20(23-15)24-16-6-5-14-7-9-22-18(14)11-16/h5-7,9,11-12,17,21-22H,3-4,8,10,13H2,1-2H3,(H,23,24,25)/t17-/m0/s1. The number of fused-ring (bicyclic) bond motifs is 1. The number of hydrogen-bond donors (Lipinski definition) is 3. The van der Waals surface area contributed by atoms with Crippen LogP contribution in [0.2, 0.25) is 0 Å². The second kappa shape index (κ2) is 7.33. The van der Waals surface area contributed by atoms with E-state index >= 15 is 0 Å². The van der Waals surface area contributed by atoms with Gasteiger partial charge in [-0.25, -0.2) is 4.98 Å². The van der Waals surface area contributed by atoms with Gasteiger partial charge in [0, 0.05) is 48.3 Å². The first-order valence-electron chi connectivity index (χ1n) is 9.39. The lowest BCUT2D eigenvalue weighted by atomic mass is 10.2. The van der Waals surface area contributed by atoms with Crippen LogP contribution in [0.3, 0.4) is 0 Å². The third-order valence-corrected chi connectivity index (χ3v) is 5.00. The molecule has 1 aromatic carbocycles. The van der Waals surface area contributed by atoms with Gasteiger partial charge in [-0.15, -0.1) is 0 Å². The molecule has 1 aliphatic rings. The van der Waals surface area contributed by atoms with Crippen molar-refractivity contribution < 1.29 is 0 Å². The molecule has 0 bridgehead atoms. The predicted molar refractivity (Wildman–Crippen MR) is 107 cm³/mol. The minimum Gasteiger partial charge on any atom is -0.361 e. The molecule has 6 nitrogen and oxygen atoms in total. The number of H-pyrrole nitrogens is 1. The average molecular weight is 350 g/mol. The van der Waals surface area contributed by atoms with Crippen molar-refractivity contribution in [2.75, 3.05) is 30.4 Å². The maximum absolute atomic E-state index is 4.80. The minimum atomic E-state index is 0.534. The molecule has 1 aliphatic heterocycles. The van der Waals surface area contributed by atoms with E-state index in [1.807, 2.05) is 13.2 Å². The Kier molecular flexibility index (Phi) is 4.75. The molecule has 0 unspecified atom stereocenters. The second-order valence-electron chi connectivity index (χ2n) is 6.92. The summed E-state index contributed by atoms with van der Waals surface area (Å²) in [6.07, 6.45) is 5.14. The molecule has 1 saturated heterocycles. The van der Waals surface area contributed by atoms with Gasteiger partial charge in [0.05, 0.1) is 0 Å². The molecule has 4 rings (SSSR count). The van der Waals surface area contributed by atoms with Crippen LogP contribution in [-0.4, -0.2) is 41.1 Å². The highest BCUT2D eigenvalue weighted by atomic mass is 15.3. The van der Waals surface area contributed by atoms with Crippen molar-refractivity contribution in [2.45, 2.75) is 32.2 Å². The highest BCUT2D eigenvalue weighted by Crippen LogP contribution is 2.24. The zero-order valence-electron chi connectivity index (χ0n) is 15.4. The van der Waals surface area contributed by atoms with Crippen LogP contribution in [0.15, 0.2) is 36.5 Å². The normalized spacial score (nSPS) is 17.2. The summed E-state index contributed by atoms with van der Waals surface area (Å²) >= 11 is 0. The lowest BCUT2D eigenvalue weighted by molar-refractivity contribution is 0.616. The van der Waals surface area contributed by atoms with Gasteiger partial charge in [-0.3, -0.25) is 0 Å². The number of likely N-dealkylation sites (N-methyl/N-ethyl adjacent to an activating group) is 1. The molecular weight excluding hydrogens is 324 g/mol. The Morgan fingerprint density at radius 3 is 2.96 bits per heavy atom. The van der Waals surface area contributed by atoms with E-state index in [-0.39, 0.29) is 0 Å². The molecule has 3 heterocycles. The molecule has 2 aromatic heterocycles. The number of aromatic nitrogens is 3. The van der Waals surface area contributed by atoms with E-state index in [0.717, 1.165) is 55.1 Å². The van der Waals surface area contributed by atoms with E-state index < -0.39 is 0 Å². The first-order valence-corrected chi connectivity index (χ1v) is 9.39. The predicted octanol–water partition coefficient (Wildman–Crippen LogP) is 3.45. The zero-order chi connectivity index (χ0) is 17.9. The highest BCUT2D eigenvalue weighted by molar-refractivity contribution is 5.83. The molecule has 0 radical (unpaired) electrons. The second-order valence-corrected chi connectivity index (χ2v) is 6.92. The highest BCUT2D eigenvalue weighted by Gasteiger charge is 2.23. The molecule has 3 aromatic rings. The zero-order valence-corrected chi connectivity index (χ0v) is 15.4. The van der Waals surface area contributed by atoms with Gasteiger partial charge >= 0.3 is 0 Å². The first kappa shape index (κ1) is 16.8. The Morgan fingerprint density at radius 1 is 1.23 bits per heavy atom. The molecule has 0 spiro atoms. The molecule has 1 atom stereocenters. The largest absolute Gasteiger partial charge is 0.361 e. The van der Waals surface area contributed by atoms with Crippen molar-refractivity contribution in [3.63, 3.8) is 0 Å². The quantitative estimate of drug-likeness (QED) is 0.635. The van der Waals surface area contributed by atoms with Gasteiger partial charge in [-0.2, -0.15) is 4.98 Å². The van der Waals surface area contributed by atoms with E-state index in [4.69, 9.17) is 9.97 Å². The fraction of sp³-hybridized carbons (Fsp3) is 0.400. The smallest absolute Gasteiger partial charge is 0.229 e. The summed E-state index contributed by atoms with van der Waals surface area (Å²) in [6, 6.07) is 11.0. The van der Waals surface area contributed by atoms with E-state index in [9.17, 15) is 0 Å². The van der Waals surface area contributed by atoms with Crippen LogP contribution >= 0.6 is 0 Å². The maximum Gasteiger partial charge on any atom is 0.229 e. The third-order valence-electron chi connectivity index (χ3n) is 5.00. The van der Waals surface area contributed by atoms with Gasteiger partial charge in [0.2, 0.25) is 5.95 Å². The monoisotopic (exact) mass is 350 g/mol. The van der Waals surface area contributed by atoms with Crippen molar-refractivity contribution in [3.8, 4) is 0 Å². The van der Waals surface area contributed by atoms with Gasteiger partial charge in [-0.05, 0) is 43.5 Å². The van der Waals surface area contributed by atoms with Crippen LogP contribution in [0, 0.1) is 0 Å². The molecule has 136 valence electrons. The Labute approximate surface area is 154 Å². The number of aromatic amines is 1. The van der Waals surface area contributed by atoms with Crippen molar-refractivity contribution in [3.05, 3.63) is 42.2 Å².